The van der Waals surface area contributed by atoms with Crippen molar-refractivity contribution in [3.8, 4) is 0 Å². The van der Waals surface area contributed by atoms with Crippen molar-refractivity contribution in [3.63, 3.8) is 0 Å². The van der Waals surface area contributed by atoms with Gasteiger partial charge in [-0.05, 0) is 39.4 Å². The summed E-state index contributed by atoms with van der Waals surface area (Å²) in [7, 11) is 2.01. The SMILES string of the molecule is CCNC(=O)CN(C)CC1CCNC1. The van der Waals surface area contributed by atoms with Gasteiger partial charge in [-0.25, -0.2) is 0 Å². The Morgan fingerprint density at radius 3 is 3.00 bits per heavy atom. The number of amides is 1. The molecular weight excluding hydrogens is 178 g/mol. The van der Waals surface area contributed by atoms with Crippen LogP contribution >= 0.6 is 0 Å². The van der Waals surface area contributed by atoms with Crippen molar-refractivity contribution in [2.75, 3.05) is 39.8 Å². The number of nitrogens with one attached hydrogen (secondary N) is 2. The topological polar surface area (TPSA) is 44.4 Å². The summed E-state index contributed by atoms with van der Waals surface area (Å²) in [6.07, 6.45) is 1.24. The van der Waals surface area contributed by atoms with E-state index in [9.17, 15) is 4.79 Å². The molecular formula is C10H21N3O. The van der Waals surface area contributed by atoms with Crippen molar-refractivity contribution in [2.45, 2.75) is 13.3 Å². The summed E-state index contributed by atoms with van der Waals surface area (Å²) in [5.41, 5.74) is 0. The molecule has 0 aliphatic carbocycles. The number of hydrogen-bond donors (Lipinski definition) is 2. The number of carbonyl (C=O) groups is 1. The van der Waals surface area contributed by atoms with E-state index in [1.807, 2.05) is 14.0 Å². The number of likely N-dealkylation sites (N-methyl/N-ethyl adjacent to an activating group) is 2. The normalized spacial score (nSPS) is 21.5. The van der Waals surface area contributed by atoms with Crippen LogP contribution in [0.25, 0.3) is 0 Å². The predicted octanol–water partition coefficient (Wildman–Crippen LogP) is -0.336. The minimum atomic E-state index is 0.126. The molecule has 1 aliphatic heterocycles. The van der Waals surface area contributed by atoms with Crippen LogP contribution in [0.5, 0.6) is 0 Å². The van der Waals surface area contributed by atoms with E-state index in [2.05, 4.69) is 15.5 Å². The molecule has 1 amide bonds. The standard InChI is InChI=1S/C10H21N3O/c1-3-12-10(14)8-13(2)7-9-4-5-11-6-9/h9,11H,3-8H2,1-2H3,(H,12,14). The molecule has 0 saturated carbocycles. The molecule has 0 aromatic carbocycles. The smallest absolute Gasteiger partial charge is 0.234 e. The lowest BCUT2D eigenvalue weighted by Crippen LogP contribution is -2.37. The van der Waals surface area contributed by atoms with Gasteiger partial charge in [0.1, 0.15) is 0 Å². The van der Waals surface area contributed by atoms with Crippen molar-refractivity contribution < 1.29 is 4.79 Å². The Kier molecular flexibility index (Phi) is 4.90. The quantitative estimate of drug-likeness (QED) is 0.637. The number of rotatable bonds is 5. The van der Waals surface area contributed by atoms with Gasteiger partial charge in [0.25, 0.3) is 0 Å². The molecule has 1 aliphatic rings. The maximum Gasteiger partial charge on any atom is 0.234 e. The van der Waals surface area contributed by atoms with E-state index in [-0.39, 0.29) is 5.91 Å². The molecule has 0 aromatic rings. The van der Waals surface area contributed by atoms with Crippen molar-refractivity contribution >= 4 is 5.91 Å². The van der Waals surface area contributed by atoms with Gasteiger partial charge in [-0.2, -0.15) is 0 Å². The third kappa shape index (κ3) is 4.07. The summed E-state index contributed by atoms with van der Waals surface area (Å²) < 4.78 is 0. The summed E-state index contributed by atoms with van der Waals surface area (Å²) in [5.74, 6) is 0.843. The highest BCUT2D eigenvalue weighted by Crippen LogP contribution is 2.08. The van der Waals surface area contributed by atoms with Crippen LogP contribution in [0.3, 0.4) is 0 Å². The molecule has 0 bridgehead atoms. The van der Waals surface area contributed by atoms with Gasteiger partial charge in [0.05, 0.1) is 6.54 Å². The lowest BCUT2D eigenvalue weighted by molar-refractivity contribution is -0.121. The van der Waals surface area contributed by atoms with Gasteiger partial charge < -0.3 is 10.6 Å². The first-order chi connectivity index (χ1) is 6.72. The van der Waals surface area contributed by atoms with Crippen LogP contribution in [0.4, 0.5) is 0 Å². The van der Waals surface area contributed by atoms with Crippen LogP contribution in [0.15, 0.2) is 0 Å². The Bertz CT molecular complexity index is 178. The molecule has 0 radical (unpaired) electrons. The highest BCUT2D eigenvalue weighted by molar-refractivity contribution is 5.77. The molecule has 82 valence electrons. The molecule has 2 N–H and O–H groups in total. The lowest BCUT2D eigenvalue weighted by atomic mass is 10.1. The molecule has 1 fully saturated rings. The Balaban J connectivity index is 2.14. The second kappa shape index (κ2) is 5.98. The first kappa shape index (κ1) is 11.5. The van der Waals surface area contributed by atoms with E-state index >= 15 is 0 Å². The van der Waals surface area contributed by atoms with Gasteiger partial charge in [-0.15, -0.1) is 0 Å². The number of nitrogens with zero attached hydrogens (tertiary/aromatic N) is 1. The second-order valence-electron chi connectivity index (χ2n) is 4.01. The predicted molar refractivity (Wildman–Crippen MR) is 57.2 cm³/mol. The largest absolute Gasteiger partial charge is 0.355 e. The van der Waals surface area contributed by atoms with E-state index in [4.69, 9.17) is 0 Å². The molecule has 1 heterocycles. The Hall–Kier alpha value is -0.610. The van der Waals surface area contributed by atoms with Crippen LogP contribution in [0.2, 0.25) is 0 Å². The zero-order valence-electron chi connectivity index (χ0n) is 9.18. The molecule has 4 nitrogen and oxygen atoms in total. The maximum absolute atomic E-state index is 11.3. The Morgan fingerprint density at radius 1 is 1.64 bits per heavy atom. The van der Waals surface area contributed by atoms with Crippen LogP contribution < -0.4 is 10.6 Å². The molecule has 1 unspecified atom stereocenters. The molecule has 0 aromatic heterocycles. The molecule has 1 rings (SSSR count). The van der Waals surface area contributed by atoms with Crippen molar-refractivity contribution in [1.29, 1.82) is 0 Å². The fourth-order valence-corrected chi connectivity index (χ4v) is 1.87. The third-order valence-electron chi connectivity index (χ3n) is 2.52. The van der Waals surface area contributed by atoms with E-state index in [0.717, 1.165) is 32.1 Å². The highest BCUT2D eigenvalue weighted by Gasteiger charge is 2.17. The van der Waals surface area contributed by atoms with E-state index in [1.54, 1.807) is 0 Å². The van der Waals surface area contributed by atoms with Gasteiger partial charge in [0.15, 0.2) is 0 Å². The number of hydrogen-bond acceptors (Lipinski definition) is 3. The Morgan fingerprint density at radius 2 is 2.43 bits per heavy atom. The fraction of sp³-hybridized carbons (Fsp3) is 0.900. The van der Waals surface area contributed by atoms with Crippen molar-refractivity contribution in [1.82, 2.24) is 15.5 Å². The number of carbonyl (C=O) groups excluding carboxylic acids is 1. The maximum atomic E-state index is 11.3. The van der Waals surface area contributed by atoms with E-state index < -0.39 is 0 Å². The van der Waals surface area contributed by atoms with Gasteiger partial charge in [-0.1, -0.05) is 0 Å². The summed E-state index contributed by atoms with van der Waals surface area (Å²) in [4.78, 5) is 13.4. The average molecular weight is 199 g/mol. The zero-order valence-corrected chi connectivity index (χ0v) is 9.18. The molecule has 1 saturated heterocycles. The molecule has 0 spiro atoms. The fourth-order valence-electron chi connectivity index (χ4n) is 1.87. The van der Waals surface area contributed by atoms with Gasteiger partial charge in [0, 0.05) is 13.1 Å². The Labute approximate surface area is 86.0 Å². The lowest BCUT2D eigenvalue weighted by Gasteiger charge is -2.19. The van der Waals surface area contributed by atoms with Crippen molar-refractivity contribution in [2.24, 2.45) is 5.92 Å². The third-order valence-corrected chi connectivity index (χ3v) is 2.52. The first-order valence-corrected chi connectivity index (χ1v) is 5.38. The van der Waals surface area contributed by atoms with Crippen LogP contribution in [0.1, 0.15) is 13.3 Å². The van der Waals surface area contributed by atoms with E-state index in [1.165, 1.54) is 6.42 Å². The second-order valence-corrected chi connectivity index (χ2v) is 4.01. The first-order valence-electron chi connectivity index (χ1n) is 5.38. The highest BCUT2D eigenvalue weighted by atomic mass is 16.1. The van der Waals surface area contributed by atoms with Gasteiger partial charge in [-0.3, -0.25) is 9.69 Å². The summed E-state index contributed by atoms with van der Waals surface area (Å²) in [5, 5.41) is 6.13. The molecule has 4 heteroatoms. The van der Waals surface area contributed by atoms with Crippen LogP contribution in [-0.4, -0.2) is 50.6 Å². The minimum absolute atomic E-state index is 0.126. The summed E-state index contributed by atoms with van der Waals surface area (Å²) in [6, 6.07) is 0. The summed E-state index contributed by atoms with van der Waals surface area (Å²) >= 11 is 0. The average Bonchev–Trinajstić information content (AvgIpc) is 2.56. The van der Waals surface area contributed by atoms with Crippen LogP contribution in [-0.2, 0) is 4.79 Å². The van der Waals surface area contributed by atoms with E-state index in [0.29, 0.717) is 6.54 Å². The molecule has 14 heavy (non-hydrogen) atoms. The van der Waals surface area contributed by atoms with Crippen LogP contribution in [0, 0.1) is 5.92 Å². The summed E-state index contributed by atoms with van der Waals surface area (Å²) in [6.45, 7) is 6.42. The zero-order chi connectivity index (χ0) is 10.4. The minimum Gasteiger partial charge on any atom is -0.355 e. The van der Waals surface area contributed by atoms with Gasteiger partial charge >= 0.3 is 0 Å². The van der Waals surface area contributed by atoms with Gasteiger partial charge in [0.2, 0.25) is 5.91 Å². The monoisotopic (exact) mass is 199 g/mol. The van der Waals surface area contributed by atoms with Crippen molar-refractivity contribution in [3.05, 3.63) is 0 Å². The molecule has 1 atom stereocenters.